The zero-order valence-electron chi connectivity index (χ0n) is 13.6. The van der Waals surface area contributed by atoms with Gasteiger partial charge in [0.25, 0.3) is 0 Å². The van der Waals surface area contributed by atoms with Gasteiger partial charge in [-0.2, -0.15) is 0 Å². The van der Waals surface area contributed by atoms with Crippen LogP contribution >= 0.6 is 0 Å². The molecule has 1 aliphatic rings. The van der Waals surface area contributed by atoms with Gasteiger partial charge in [-0.15, -0.1) is 0 Å². The molecule has 0 N–H and O–H groups in total. The van der Waals surface area contributed by atoms with Crippen molar-refractivity contribution >= 4 is 5.78 Å². The highest BCUT2D eigenvalue weighted by atomic mass is 16.1. The Balaban J connectivity index is 2.39. The minimum Gasteiger partial charge on any atom is -0.344 e. The molecule has 0 aliphatic heterocycles. The molecule has 0 fully saturated rings. The van der Waals surface area contributed by atoms with Gasteiger partial charge in [0.2, 0.25) is 0 Å². The number of ketones is 1. The second kappa shape index (κ2) is 6.13. The molecule has 0 bridgehead atoms. The topological polar surface area (TPSA) is 25.2 Å². The summed E-state index contributed by atoms with van der Waals surface area (Å²) in [6, 6.07) is 2.58. The fraction of sp³-hybridized carbons (Fsp3) is 0.706. The number of carbonyl (C=O) groups is 1. The van der Waals surface area contributed by atoms with Gasteiger partial charge in [0.05, 0.1) is 0 Å². The average Bonchev–Trinajstić information content (AvgIpc) is 2.65. The summed E-state index contributed by atoms with van der Waals surface area (Å²) in [7, 11) is 4.26. The first-order chi connectivity index (χ1) is 9.40. The Labute approximate surface area is 123 Å². The SMILES string of the molecule is Cc1cc2c(n1C(CC(C)C)CN(C)C)CCCC2=O. The first-order valence-corrected chi connectivity index (χ1v) is 7.78. The largest absolute Gasteiger partial charge is 0.344 e. The number of Topliss-reactive ketones (excluding diaryl/α,β-unsaturated/α-hetero) is 1. The fourth-order valence-corrected chi connectivity index (χ4v) is 3.49. The van der Waals surface area contributed by atoms with Crippen molar-refractivity contribution in [2.24, 2.45) is 5.92 Å². The number of rotatable bonds is 5. The Morgan fingerprint density at radius 2 is 2.00 bits per heavy atom. The van der Waals surface area contributed by atoms with Crippen molar-refractivity contribution in [3.8, 4) is 0 Å². The van der Waals surface area contributed by atoms with Crippen LogP contribution in [0.4, 0.5) is 0 Å². The van der Waals surface area contributed by atoms with E-state index in [2.05, 4.69) is 50.4 Å². The van der Waals surface area contributed by atoms with Crippen LogP contribution in [0.25, 0.3) is 0 Å². The molecule has 1 atom stereocenters. The molecule has 0 spiro atoms. The van der Waals surface area contributed by atoms with Crippen LogP contribution in [-0.4, -0.2) is 35.9 Å². The van der Waals surface area contributed by atoms with E-state index in [4.69, 9.17) is 0 Å². The van der Waals surface area contributed by atoms with Crippen molar-refractivity contribution < 1.29 is 4.79 Å². The molecule has 112 valence electrons. The molecule has 2 rings (SSSR count). The van der Waals surface area contributed by atoms with Gasteiger partial charge in [-0.25, -0.2) is 0 Å². The number of aryl methyl sites for hydroxylation is 1. The minimum absolute atomic E-state index is 0.334. The van der Waals surface area contributed by atoms with E-state index in [0.29, 0.717) is 17.7 Å². The monoisotopic (exact) mass is 276 g/mol. The second-order valence-corrected chi connectivity index (χ2v) is 6.84. The van der Waals surface area contributed by atoms with Gasteiger partial charge in [-0.3, -0.25) is 4.79 Å². The van der Waals surface area contributed by atoms with E-state index < -0.39 is 0 Å². The third kappa shape index (κ3) is 3.14. The number of fused-ring (bicyclic) bond motifs is 1. The van der Waals surface area contributed by atoms with Gasteiger partial charge in [-0.1, -0.05) is 13.8 Å². The number of hydrogen-bond acceptors (Lipinski definition) is 2. The molecule has 20 heavy (non-hydrogen) atoms. The van der Waals surface area contributed by atoms with Crippen molar-refractivity contribution in [3.05, 3.63) is 23.0 Å². The van der Waals surface area contributed by atoms with E-state index >= 15 is 0 Å². The number of hydrogen-bond donors (Lipinski definition) is 0. The standard InChI is InChI=1S/C17H28N2O/c1-12(2)9-14(11-18(4)5)19-13(3)10-15-16(19)7-6-8-17(15)20/h10,12,14H,6-9,11H2,1-5H3. The quantitative estimate of drug-likeness (QED) is 0.823. The molecule has 0 amide bonds. The van der Waals surface area contributed by atoms with Crippen LogP contribution in [0.2, 0.25) is 0 Å². The highest BCUT2D eigenvalue weighted by Gasteiger charge is 2.26. The molecule has 1 aromatic rings. The van der Waals surface area contributed by atoms with Crippen LogP contribution in [0.15, 0.2) is 6.07 Å². The van der Waals surface area contributed by atoms with Gasteiger partial charge < -0.3 is 9.47 Å². The summed E-state index contributed by atoms with van der Waals surface area (Å²) in [4.78, 5) is 14.3. The molecule has 0 saturated heterocycles. The maximum atomic E-state index is 12.1. The number of nitrogens with zero attached hydrogens (tertiary/aromatic N) is 2. The van der Waals surface area contributed by atoms with Gasteiger partial charge in [0.15, 0.2) is 5.78 Å². The van der Waals surface area contributed by atoms with E-state index in [1.54, 1.807) is 0 Å². The molecule has 1 unspecified atom stereocenters. The molecular formula is C17H28N2O. The molecule has 1 aromatic heterocycles. The normalized spacial score (nSPS) is 16.9. The lowest BCUT2D eigenvalue weighted by Gasteiger charge is -2.29. The summed E-state index contributed by atoms with van der Waals surface area (Å²) >= 11 is 0. The van der Waals surface area contributed by atoms with Crippen molar-refractivity contribution in [2.45, 2.75) is 52.5 Å². The molecular weight excluding hydrogens is 248 g/mol. The smallest absolute Gasteiger partial charge is 0.164 e. The van der Waals surface area contributed by atoms with Crippen molar-refractivity contribution in [2.75, 3.05) is 20.6 Å². The Bertz CT molecular complexity index is 475. The lowest BCUT2D eigenvalue weighted by molar-refractivity contribution is 0.0971. The predicted octanol–water partition coefficient (Wildman–Crippen LogP) is 3.46. The van der Waals surface area contributed by atoms with Crippen molar-refractivity contribution in [1.82, 2.24) is 9.47 Å². The van der Waals surface area contributed by atoms with Crippen LogP contribution in [0.1, 0.15) is 60.9 Å². The summed E-state index contributed by atoms with van der Waals surface area (Å²) in [5.74, 6) is 0.998. The fourth-order valence-electron chi connectivity index (χ4n) is 3.49. The van der Waals surface area contributed by atoms with Crippen LogP contribution in [0, 0.1) is 12.8 Å². The van der Waals surface area contributed by atoms with E-state index in [1.807, 2.05) is 0 Å². The lowest BCUT2D eigenvalue weighted by Crippen LogP contribution is -2.28. The number of likely N-dealkylation sites (N-methyl/N-ethyl adjacent to an activating group) is 1. The van der Waals surface area contributed by atoms with E-state index in [0.717, 1.165) is 37.8 Å². The lowest BCUT2D eigenvalue weighted by atomic mass is 9.96. The molecule has 0 aromatic carbocycles. The molecule has 1 aliphatic carbocycles. The van der Waals surface area contributed by atoms with E-state index in [9.17, 15) is 4.79 Å². The Morgan fingerprint density at radius 3 is 2.60 bits per heavy atom. The Hall–Kier alpha value is -1.09. The third-order valence-corrected chi connectivity index (χ3v) is 4.14. The first-order valence-electron chi connectivity index (χ1n) is 7.78. The molecule has 3 heteroatoms. The minimum atomic E-state index is 0.334. The Morgan fingerprint density at radius 1 is 1.30 bits per heavy atom. The first kappa shape index (κ1) is 15.3. The van der Waals surface area contributed by atoms with Crippen molar-refractivity contribution in [1.29, 1.82) is 0 Å². The summed E-state index contributed by atoms with van der Waals surface area (Å²) in [5, 5.41) is 0. The summed E-state index contributed by atoms with van der Waals surface area (Å²) in [6.45, 7) is 7.74. The predicted molar refractivity (Wildman–Crippen MR) is 83.5 cm³/mol. The van der Waals surface area contributed by atoms with Gasteiger partial charge >= 0.3 is 0 Å². The van der Waals surface area contributed by atoms with Gasteiger partial charge in [-0.05, 0) is 52.3 Å². The van der Waals surface area contributed by atoms with Crippen LogP contribution in [0.3, 0.4) is 0 Å². The maximum Gasteiger partial charge on any atom is 0.164 e. The van der Waals surface area contributed by atoms with Crippen LogP contribution < -0.4 is 0 Å². The van der Waals surface area contributed by atoms with Crippen molar-refractivity contribution in [3.63, 3.8) is 0 Å². The third-order valence-electron chi connectivity index (χ3n) is 4.14. The zero-order valence-corrected chi connectivity index (χ0v) is 13.6. The van der Waals surface area contributed by atoms with Gasteiger partial charge in [0.1, 0.15) is 0 Å². The Kier molecular flexibility index (Phi) is 4.69. The average molecular weight is 276 g/mol. The maximum absolute atomic E-state index is 12.1. The van der Waals surface area contributed by atoms with Crippen LogP contribution in [0.5, 0.6) is 0 Å². The second-order valence-electron chi connectivity index (χ2n) is 6.84. The zero-order chi connectivity index (χ0) is 14.9. The molecule has 3 nitrogen and oxygen atoms in total. The highest BCUT2D eigenvalue weighted by molar-refractivity contribution is 5.98. The van der Waals surface area contributed by atoms with E-state index in [-0.39, 0.29) is 0 Å². The molecule has 1 heterocycles. The highest BCUT2D eigenvalue weighted by Crippen LogP contribution is 2.30. The summed E-state index contributed by atoms with van der Waals surface area (Å²) < 4.78 is 2.45. The van der Waals surface area contributed by atoms with Gasteiger partial charge in [0, 0.05) is 36.0 Å². The number of aromatic nitrogens is 1. The van der Waals surface area contributed by atoms with Crippen LogP contribution in [-0.2, 0) is 6.42 Å². The summed E-state index contributed by atoms with van der Waals surface area (Å²) in [6.07, 6.45) is 3.94. The molecule has 0 radical (unpaired) electrons. The summed E-state index contributed by atoms with van der Waals surface area (Å²) in [5.41, 5.74) is 3.52. The number of carbonyl (C=O) groups excluding carboxylic acids is 1. The molecule has 0 saturated carbocycles. The van der Waals surface area contributed by atoms with E-state index in [1.165, 1.54) is 11.4 Å².